The summed E-state index contributed by atoms with van der Waals surface area (Å²) in [7, 11) is 4.82. The average molecular weight is 539 g/mol. The number of Topliss-reactive ketones (excluding diaryl/α,β-unsaturated/α-hetero) is 1. The molecule has 0 saturated heterocycles. The first-order chi connectivity index (χ1) is 19.3. The number of hydrogen-bond acceptors (Lipinski definition) is 6. The van der Waals surface area contributed by atoms with Crippen LogP contribution in [0.15, 0.2) is 89.3 Å². The van der Waals surface area contributed by atoms with Crippen LogP contribution in [0, 0.1) is 6.92 Å². The van der Waals surface area contributed by atoms with Gasteiger partial charge < -0.3 is 24.8 Å². The lowest BCUT2D eigenvalue weighted by atomic mass is 9.71. The molecule has 7 heteroatoms. The highest BCUT2D eigenvalue weighted by molar-refractivity contribution is 6.10. The highest BCUT2D eigenvalue weighted by Crippen LogP contribution is 2.46. The number of hydrogen-bond donors (Lipinski definition) is 2. The van der Waals surface area contributed by atoms with Gasteiger partial charge in [-0.1, -0.05) is 35.9 Å². The molecule has 3 aromatic rings. The molecule has 7 nitrogen and oxygen atoms in total. The number of rotatable bonds is 7. The van der Waals surface area contributed by atoms with Crippen LogP contribution in [0.25, 0.3) is 0 Å². The molecule has 206 valence electrons. The lowest BCUT2D eigenvalue weighted by Gasteiger charge is -2.37. The van der Waals surface area contributed by atoms with Crippen LogP contribution in [0.4, 0.5) is 5.69 Å². The van der Waals surface area contributed by atoms with E-state index in [1.165, 1.54) is 0 Å². The summed E-state index contributed by atoms with van der Waals surface area (Å²) in [5.74, 6) is 1.22. The van der Waals surface area contributed by atoms with Gasteiger partial charge in [0.25, 0.3) is 5.91 Å². The van der Waals surface area contributed by atoms with E-state index in [9.17, 15) is 9.59 Å². The molecule has 40 heavy (non-hydrogen) atoms. The van der Waals surface area contributed by atoms with Gasteiger partial charge >= 0.3 is 0 Å². The molecule has 0 fully saturated rings. The maximum absolute atomic E-state index is 13.9. The normalized spacial score (nSPS) is 18.6. The van der Waals surface area contributed by atoms with Gasteiger partial charge in [0, 0.05) is 40.6 Å². The van der Waals surface area contributed by atoms with E-state index < -0.39 is 5.92 Å². The Kier molecular flexibility index (Phi) is 7.65. The maximum Gasteiger partial charge on any atom is 0.254 e. The van der Waals surface area contributed by atoms with Crippen molar-refractivity contribution in [1.29, 1.82) is 0 Å². The molecule has 1 aliphatic carbocycles. The lowest BCUT2D eigenvalue weighted by Crippen LogP contribution is -2.37. The van der Waals surface area contributed by atoms with Gasteiger partial charge in [0.2, 0.25) is 0 Å². The Morgan fingerprint density at radius 2 is 1.50 bits per heavy atom. The highest BCUT2D eigenvalue weighted by atomic mass is 16.5. The number of allylic oxidation sites excluding steroid dienone is 3. The smallest absolute Gasteiger partial charge is 0.254 e. The van der Waals surface area contributed by atoms with E-state index in [1.807, 2.05) is 80.6 Å². The van der Waals surface area contributed by atoms with Crippen molar-refractivity contribution in [3.8, 4) is 17.2 Å². The predicted octanol–water partition coefficient (Wildman–Crippen LogP) is 6.02. The van der Waals surface area contributed by atoms with Gasteiger partial charge in [-0.15, -0.1) is 0 Å². The van der Waals surface area contributed by atoms with Crippen molar-refractivity contribution < 1.29 is 23.8 Å². The summed E-state index contributed by atoms with van der Waals surface area (Å²) in [6, 6.07) is 21.1. The fourth-order valence-electron chi connectivity index (χ4n) is 5.65. The van der Waals surface area contributed by atoms with Crippen LogP contribution < -0.4 is 24.8 Å². The van der Waals surface area contributed by atoms with Gasteiger partial charge in [0.1, 0.15) is 5.75 Å². The van der Waals surface area contributed by atoms with Crippen molar-refractivity contribution in [2.75, 3.05) is 26.6 Å². The number of benzene rings is 3. The molecule has 2 aliphatic rings. The Hall–Kier alpha value is -4.52. The van der Waals surface area contributed by atoms with E-state index in [-0.39, 0.29) is 17.6 Å². The first kappa shape index (κ1) is 27.1. The standard InChI is InChI=1S/C33H34N2O5/c1-19-6-11-24(12-7-19)35-33(37)30-20(2)34-26-16-23(22-10-15-28(39-4)29(18-22)40-5)17-27(36)32(26)31(30)21-8-13-25(38-3)14-9-21/h6-15,18,23,31,34H,16-17H2,1-5H3,(H,35,37)/t23-,31-/m1/s1. The summed E-state index contributed by atoms with van der Waals surface area (Å²) >= 11 is 0. The van der Waals surface area contributed by atoms with Gasteiger partial charge in [-0.3, -0.25) is 9.59 Å². The van der Waals surface area contributed by atoms with Gasteiger partial charge in [-0.05, 0) is 73.7 Å². The molecule has 0 saturated carbocycles. The second kappa shape index (κ2) is 11.3. The number of carbonyl (C=O) groups is 2. The minimum atomic E-state index is -0.508. The van der Waals surface area contributed by atoms with Crippen LogP contribution in [0.5, 0.6) is 17.2 Å². The average Bonchev–Trinajstić information content (AvgIpc) is 2.97. The van der Waals surface area contributed by atoms with Gasteiger partial charge in [-0.2, -0.15) is 0 Å². The van der Waals surface area contributed by atoms with E-state index in [0.29, 0.717) is 46.9 Å². The van der Waals surface area contributed by atoms with E-state index >= 15 is 0 Å². The third-order valence-corrected chi connectivity index (χ3v) is 7.71. The molecule has 0 aromatic heterocycles. The van der Waals surface area contributed by atoms with E-state index in [2.05, 4.69) is 10.6 Å². The molecule has 0 bridgehead atoms. The zero-order valence-electron chi connectivity index (χ0n) is 23.5. The van der Waals surface area contributed by atoms with E-state index in [0.717, 1.165) is 28.1 Å². The summed E-state index contributed by atoms with van der Waals surface area (Å²) < 4.78 is 16.3. The number of dihydropyridines is 1. The lowest BCUT2D eigenvalue weighted by molar-refractivity contribution is -0.116. The summed E-state index contributed by atoms with van der Waals surface area (Å²) in [4.78, 5) is 27.7. The number of anilines is 1. The Bertz CT molecular complexity index is 1500. The third-order valence-electron chi connectivity index (χ3n) is 7.71. The van der Waals surface area contributed by atoms with Crippen molar-refractivity contribution >= 4 is 17.4 Å². The first-order valence-electron chi connectivity index (χ1n) is 13.3. The van der Waals surface area contributed by atoms with E-state index in [4.69, 9.17) is 14.2 Å². The Morgan fingerprint density at radius 3 is 2.15 bits per heavy atom. The number of carbonyl (C=O) groups excluding carboxylic acids is 2. The molecular weight excluding hydrogens is 504 g/mol. The number of nitrogens with one attached hydrogen (secondary N) is 2. The summed E-state index contributed by atoms with van der Waals surface area (Å²) in [5, 5.41) is 6.48. The summed E-state index contributed by atoms with van der Waals surface area (Å²) in [5.41, 5.74) is 6.42. The minimum Gasteiger partial charge on any atom is -0.497 e. The molecule has 1 aliphatic heterocycles. The molecular formula is C33H34N2O5. The van der Waals surface area contributed by atoms with E-state index in [1.54, 1.807) is 21.3 Å². The fraction of sp³-hybridized carbons (Fsp3) is 0.273. The van der Waals surface area contributed by atoms with Gasteiger partial charge in [0.05, 0.1) is 21.3 Å². The van der Waals surface area contributed by atoms with Crippen LogP contribution in [0.1, 0.15) is 48.3 Å². The Morgan fingerprint density at radius 1 is 0.825 bits per heavy atom. The third kappa shape index (κ3) is 5.19. The van der Waals surface area contributed by atoms with Crippen LogP contribution in [0.3, 0.4) is 0 Å². The minimum absolute atomic E-state index is 0.0162. The van der Waals surface area contributed by atoms with Gasteiger partial charge in [-0.25, -0.2) is 0 Å². The number of ketones is 1. The highest BCUT2D eigenvalue weighted by Gasteiger charge is 2.41. The SMILES string of the molecule is COc1ccc([C@@H]2C(C(=O)Nc3ccc(C)cc3)=C(C)NC3=C2C(=O)C[C@H](c2ccc(OC)c(OC)c2)C3)cc1. The quantitative estimate of drug-likeness (QED) is 0.383. The topological polar surface area (TPSA) is 85.9 Å². The molecule has 0 unspecified atom stereocenters. The number of amides is 1. The second-order valence-electron chi connectivity index (χ2n) is 10.2. The van der Waals surface area contributed by atoms with Crippen molar-refractivity contribution in [2.45, 2.75) is 38.5 Å². The molecule has 2 atom stereocenters. The van der Waals surface area contributed by atoms with Crippen LogP contribution in [-0.4, -0.2) is 33.0 Å². The van der Waals surface area contributed by atoms with Crippen molar-refractivity contribution in [3.05, 3.63) is 106 Å². The molecule has 3 aromatic carbocycles. The van der Waals surface area contributed by atoms with Crippen LogP contribution in [0.2, 0.25) is 0 Å². The number of methoxy groups -OCH3 is 3. The zero-order chi connectivity index (χ0) is 28.4. The Labute approximate surface area is 234 Å². The monoisotopic (exact) mass is 538 g/mol. The fourth-order valence-corrected chi connectivity index (χ4v) is 5.65. The number of ether oxygens (including phenoxy) is 3. The van der Waals surface area contributed by atoms with Crippen molar-refractivity contribution in [1.82, 2.24) is 5.32 Å². The van der Waals surface area contributed by atoms with Gasteiger partial charge in [0.15, 0.2) is 17.3 Å². The molecule has 2 N–H and O–H groups in total. The van der Waals surface area contributed by atoms with Crippen LogP contribution >= 0.6 is 0 Å². The Balaban J connectivity index is 1.54. The van der Waals surface area contributed by atoms with Crippen LogP contribution in [-0.2, 0) is 9.59 Å². The zero-order valence-corrected chi connectivity index (χ0v) is 23.5. The second-order valence-corrected chi connectivity index (χ2v) is 10.2. The summed E-state index contributed by atoms with van der Waals surface area (Å²) in [6.45, 7) is 3.90. The molecule has 0 spiro atoms. The first-order valence-corrected chi connectivity index (χ1v) is 13.3. The molecule has 0 radical (unpaired) electrons. The molecule has 1 heterocycles. The largest absolute Gasteiger partial charge is 0.497 e. The molecule has 5 rings (SSSR count). The molecule has 1 amide bonds. The maximum atomic E-state index is 13.9. The summed E-state index contributed by atoms with van der Waals surface area (Å²) in [6.07, 6.45) is 0.960. The predicted molar refractivity (Wildman–Crippen MR) is 155 cm³/mol. The van der Waals surface area contributed by atoms with Crippen molar-refractivity contribution in [3.63, 3.8) is 0 Å². The number of aryl methyl sites for hydroxylation is 1. The van der Waals surface area contributed by atoms with Crippen molar-refractivity contribution in [2.24, 2.45) is 0 Å².